The van der Waals surface area contributed by atoms with Crippen molar-refractivity contribution in [3.63, 3.8) is 0 Å². The normalized spacial score (nSPS) is 11.3. The van der Waals surface area contributed by atoms with Crippen LogP contribution in [0, 0.1) is 0 Å². The second kappa shape index (κ2) is 7.04. The molecule has 0 unspecified atom stereocenters. The molecule has 0 spiro atoms. The van der Waals surface area contributed by atoms with E-state index in [2.05, 4.69) is 26.9 Å². The number of aromatic amines is 1. The Balaban J connectivity index is 1.90. The zero-order valence-electron chi connectivity index (χ0n) is 14.7. The molecule has 2 aromatic heterocycles. The highest BCUT2D eigenvalue weighted by atomic mass is 16.1. The standard InChI is InChI=1S/C21H20N4O/c1-2-3-4-12-18-24-17-11-7-9-15(19(17)21(26)25-18)20-14-8-5-6-10-16(14)22-13-23-20/h5-11,13H,2-4,12H2,1H3,(H,24,25,26). The highest BCUT2D eigenvalue weighted by Crippen LogP contribution is 2.29. The molecule has 2 heterocycles. The lowest BCUT2D eigenvalue weighted by Gasteiger charge is -2.09. The number of aromatic nitrogens is 4. The first-order valence-electron chi connectivity index (χ1n) is 9.00. The Kier molecular flexibility index (Phi) is 4.44. The van der Waals surface area contributed by atoms with Gasteiger partial charge in [0.05, 0.1) is 22.1 Å². The minimum atomic E-state index is -0.111. The average Bonchev–Trinajstić information content (AvgIpc) is 2.67. The van der Waals surface area contributed by atoms with Gasteiger partial charge in [-0.3, -0.25) is 4.79 Å². The molecule has 0 aliphatic carbocycles. The van der Waals surface area contributed by atoms with Gasteiger partial charge >= 0.3 is 0 Å². The molecule has 5 heteroatoms. The van der Waals surface area contributed by atoms with Gasteiger partial charge in [0.1, 0.15) is 12.2 Å². The topological polar surface area (TPSA) is 71.5 Å². The number of fused-ring (bicyclic) bond motifs is 2. The number of unbranched alkanes of at least 4 members (excludes halogenated alkanes) is 2. The lowest BCUT2D eigenvalue weighted by molar-refractivity contribution is 0.694. The molecule has 0 atom stereocenters. The van der Waals surface area contributed by atoms with Crippen LogP contribution in [0.3, 0.4) is 0 Å². The summed E-state index contributed by atoms with van der Waals surface area (Å²) in [5.41, 5.74) is 3.00. The predicted molar refractivity (Wildman–Crippen MR) is 104 cm³/mol. The van der Waals surface area contributed by atoms with Gasteiger partial charge in [0.15, 0.2) is 0 Å². The Hall–Kier alpha value is -3.08. The highest BCUT2D eigenvalue weighted by Gasteiger charge is 2.13. The van der Waals surface area contributed by atoms with Crippen molar-refractivity contribution in [2.45, 2.75) is 32.6 Å². The summed E-state index contributed by atoms with van der Waals surface area (Å²) in [5.74, 6) is 0.751. The maximum atomic E-state index is 12.8. The van der Waals surface area contributed by atoms with Gasteiger partial charge < -0.3 is 4.98 Å². The van der Waals surface area contributed by atoms with Crippen LogP contribution < -0.4 is 5.56 Å². The SMILES string of the molecule is CCCCCc1nc2cccc(-c3ncnc4ccccc34)c2c(=O)[nH]1. The van der Waals surface area contributed by atoms with Crippen molar-refractivity contribution in [1.82, 2.24) is 19.9 Å². The lowest BCUT2D eigenvalue weighted by atomic mass is 10.0. The third-order valence-electron chi connectivity index (χ3n) is 4.60. The van der Waals surface area contributed by atoms with E-state index < -0.39 is 0 Å². The number of H-pyrrole nitrogens is 1. The van der Waals surface area contributed by atoms with E-state index in [-0.39, 0.29) is 5.56 Å². The zero-order valence-corrected chi connectivity index (χ0v) is 14.7. The number of para-hydroxylation sites is 1. The van der Waals surface area contributed by atoms with Crippen molar-refractivity contribution >= 4 is 21.8 Å². The van der Waals surface area contributed by atoms with Crippen LogP contribution in [0.1, 0.15) is 32.0 Å². The molecule has 26 heavy (non-hydrogen) atoms. The van der Waals surface area contributed by atoms with Crippen LogP contribution in [0.5, 0.6) is 0 Å². The van der Waals surface area contributed by atoms with Gasteiger partial charge in [-0.05, 0) is 18.6 Å². The Labute approximate surface area is 151 Å². The summed E-state index contributed by atoms with van der Waals surface area (Å²) in [6.45, 7) is 2.16. The lowest BCUT2D eigenvalue weighted by Crippen LogP contribution is -2.13. The second-order valence-electron chi connectivity index (χ2n) is 6.41. The molecule has 0 bridgehead atoms. The van der Waals surface area contributed by atoms with Crippen LogP contribution >= 0.6 is 0 Å². The van der Waals surface area contributed by atoms with Gasteiger partial charge in [-0.15, -0.1) is 0 Å². The fourth-order valence-corrected chi connectivity index (χ4v) is 3.32. The Morgan fingerprint density at radius 3 is 2.69 bits per heavy atom. The van der Waals surface area contributed by atoms with E-state index >= 15 is 0 Å². The minimum Gasteiger partial charge on any atom is -0.310 e. The Bertz CT molecular complexity index is 1130. The van der Waals surface area contributed by atoms with E-state index in [9.17, 15) is 4.79 Å². The summed E-state index contributed by atoms with van der Waals surface area (Å²) in [7, 11) is 0. The number of benzene rings is 2. The first-order chi connectivity index (χ1) is 12.8. The maximum absolute atomic E-state index is 12.8. The number of hydrogen-bond donors (Lipinski definition) is 1. The smallest absolute Gasteiger partial charge is 0.259 e. The molecule has 4 rings (SSSR count). The minimum absolute atomic E-state index is 0.111. The van der Waals surface area contributed by atoms with E-state index in [0.717, 1.165) is 53.7 Å². The molecule has 2 aromatic carbocycles. The Morgan fingerprint density at radius 2 is 1.81 bits per heavy atom. The molecule has 1 N–H and O–H groups in total. The van der Waals surface area contributed by atoms with Gasteiger partial charge in [0.25, 0.3) is 5.56 Å². The van der Waals surface area contributed by atoms with Gasteiger partial charge in [-0.1, -0.05) is 50.1 Å². The monoisotopic (exact) mass is 344 g/mol. The molecule has 0 fully saturated rings. The molecule has 0 radical (unpaired) electrons. The molecule has 0 aliphatic rings. The quantitative estimate of drug-likeness (QED) is 0.549. The van der Waals surface area contributed by atoms with E-state index in [1.807, 2.05) is 42.5 Å². The maximum Gasteiger partial charge on any atom is 0.259 e. The number of nitrogens with one attached hydrogen (secondary N) is 1. The fraction of sp³-hybridized carbons (Fsp3) is 0.238. The van der Waals surface area contributed by atoms with Crippen LogP contribution in [0.4, 0.5) is 0 Å². The van der Waals surface area contributed by atoms with Crippen LogP contribution in [-0.2, 0) is 6.42 Å². The third-order valence-corrected chi connectivity index (χ3v) is 4.60. The summed E-state index contributed by atoms with van der Waals surface area (Å²) >= 11 is 0. The summed E-state index contributed by atoms with van der Waals surface area (Å²) in [5, 5.41) is 1.50. The van der Waals surface area contributed by atoms with Gasteiger partial charge in [-0.2, -0.15) is 0 Å². The van der Waals surface area contributed by atoms with Crippen LogP contribution in [0.25, 0.3) is 33.1 Å². The number of aryl methyl sites for hydroxylation is 1. The highest BCUT2D eigenvalue weighted by molar-refractivity contribution is 6.01. The molecule has 130 valence electrons. The molecule has 0 saturated carbocycles. The van der Waals surface area contributed by atoms with E-state index in [1.165, 1.54) is 6.33 Å². The molecular weight excluding hydrogens is 324 g/mol. The molecule has 0 saturated heterocycles. The first-order valence-corrected chi connectivity index (χ1v) is 9.00. The zero-order chi connectivity index (χ0) is 17.9. The molecular formula is C21H20N4O. The molecule has 5 nitrogen and oxygen atoms in total. The average molecular weight is 344 g/mol. The van der Waals surface area contributed by atoms with E-state index in [4.69, 9.17) is 0 Å². The predicted octanol–water partition coefficient (Wildman–Crippen LogP) is 4.27. The second-order valence-corrected chi connectivity index (χ2v) is 6.41. The number of hydrogen-bond acceptors (Lipinski definition) is 4. The van der Waals surface area contributed by atoms with Crippen molar-refractivity contribution in [2.75, 3.05) is 0 Å². The van der Waals surface area contributed by atoms with E-state index in [1.54, 1.807) is 0 Å². The largest absolute Gasteiger partial charge is 0.310 e. The molecule has 0 aliphatic heterocycles. The van der Waals surface area contributed by atoms with Crippen molar-refractivity contribution < 1.29 is 0 Å². The molecule has 0 amide bonds. The van der Waals surface area contributed by atoms with Crippen molar-refractivity contribution in [3.8, 4) is 11.3 Å². The van der Waals surface area contributed by atoms with Crippen molar-refractivity contribution in [2.24, 2.45) is 0 Å². The van der Waals surface area contributed by atoms with Crippen LogP contribution in [0.15, 0.2) is 53.6 Å². The Morgan fingerprint density at radius 1 is 0.962 bits per heavy atom. The van der Waals surface area contributed by atoms with E-state index in [0.29, 0.717) is 10.9 Å². The summed E-state index contributed by atoms with van der Waals surface area (Å²) in [6.07, 6.45) is 5.63. The summed E-state index contributed by atoms with van der Waals surface area (Å²) < 4.78 is 0. The van der Waals surface area contributed by atoms with Gasteiger partial charge in [0, 0.05) is 17.4 Å². The van der Waals surface area contributed by atoms with Crippen LogP contribution in [0.2, 0.25) is 0 Å². The van der Waals surface area contributed by atoms with Crippen molar-refractivity contribution in [1.29, 1.82) is 0 Å². The van der Waals surface area contributed by atoms with Gasteiger partial charge in [-0.25, -0.2) is 15.0 Å². The first kappa shape index (κ1) is 16.4. The fourth-order valence-electron chi connectivity index (χ4n) is 3.32. The number of rotatable bonds is 5. The van der Waals surface area contributed by atoms with Crippen LogP contribution in [-0.4, -0.2) is 19.9 Å². The van der Waals surface area contributed by atoms with Gasteiger partial charge in [0.2, 0.25) is 0 Å². The summed E-state index contributed by atoms with van der Waals surface area (Å²) in [4.78, 5) is 29.2. The molecule has 4 aromatic rings. The third kappa shape index (κ3) is 2.96. The summed E-state index contributed by atoms with van der Waals surface area (Å²) in [6, 6.07) is 13.6. The number of nitrogens with zero attached hydrogens (tertiary/aromatic N) is 3. The van der Waals surface area contributed by atoms with Crippen molar-refractivity contribution in [3.05, 3.63) is 65.0 Å².